The van der Waals surface area contributed by atoms with Gasteiger partial charge in [-0.15, -0.1) is 11.8 Å². The summed E-state index contributed by atoms with van der Waals surface area (Å²) in [5.41, 5.74) is 0.770. The summed E-state index contributed by atoms with van der Waals surface area (Å²) >= 11 is 1.31. The SMILES string of the molecule is O=C(CSCC(=O)Nc1ccc2ccccc2c1)NC[C@H]1CCCO1. The summed E-state index contributed by atoms with van der Waals surface area (Å²) < 4.78 is 5.46. The van der Waals surface area contributed by atoms with Crippen LogP contribution in [0.2, 0.25) is 0 Å². The predicted octanol–water partition coefficient (Wildman–Crippen LogP) is 2.81. The van der Waals surface area contributed by atoms with Gasteiger partial charge in [-0.3, -0.25) is 9.59 Å². The Morgan fingerprint density at radius 2 is 1.88 bits per heavy atom. The third-order valence-corrected chi connectivity index (χ3v) is 4.98. The van der Waals surface area contributed by atoms with Crippen LogP contribution in [0.4, 0.5) is 5.69 Å². The van der Waals surface area contributed by atoms with Gasteiger partial charge in [0.2, 0.25) is 11.8 Å². The Bertz CT molecular complexity index is 744. The number of hydrogen-bond donors (Lipinski definition) is 2. The summed E-state index contributed by atoms with van der Waals surface area (Å²) in [6.07, 6.45) is 2.20. The molecule has 6 heteroatoms. The first-order valence-electron chi connectivity index (χ1n) is 8.45. The summed E-state index contributed by atoms with van der Waals surface area (Å²) in [7, 11) is 0. The van der Waals surface area contributed by atoms with Crippen LogP contribution >= 0.6 is 11.8 Å². The number of anilines is 1. The molecule has 3 rings (SSSR count). The van der Waals surface area contributed by atoms with E-state index in [1.807, 2.05) is 42.5 Å². The Hall–Kier alpha value is -2.05. The van der Waals surface area contributed by atoms with Gasteiger partial charge in [-0.25, -0.2) is 0 Å². The number of ether oxygens (including phenoxy) is 1. The number of carbonyl (C=O) groups is 2. The molecule has 25 heavy (non-hydrogen) atoms. The zero-order valence-corrected chi connectivity index (χ0v) is 14.8. The highest BCUT2D eigenvalue weighted by atomic mass is 32.2. The van der Waals surface area contributed by atoms with Crippen molar-refractivity contribution in [2.75, 3.05) is 30.0 Å². The lowest BCUT2D eigenvalue weighted by Gasteiger charge is -2.10. The smallest absolute Gasteiger partial charge is 0.234 e. The second kappa shape index (κ2) is 8.87. The van der Waals surface area contributed by atoms with Gasteiger partial charge >= 0.3 is 0 Å². The predicted molar refractivity (Wildman–Crippen MR) is 102 cm³/mol. The molecule has 0 aromatic heterocycles. The minimum absolute atomic E-state index is 0.0565. The van der Waals surface area contributed by atoms with Crippen molar-refractivity contribution in [2.24, 2.45) is 0 Å². The zero-order valence-electron chi connectivity index (χ0n) is 14.0. The largest absolute Gasteiger partial charge is 0.376 e. The van der Waals surface area contributed by atoms with E-state index in [4.69, 9.17) is 4.74 Å². The topological polar surface area (TPSA) is 67.4 Å². The second-order valence-electron chi connectivity index (χ2n) is 6.04. The molecule has 1 aliphatic heterocycles. The molecule has 2 aromatic rings. The maximum absolute atomic E-state index is 12.0. The maximum atomic E-state index is 12.0. The molecule has 132 valence electrons. The minimum Gasteiger partial charge on any atom is -0.376 e. The van der Waals surface area contributed by atoms with Gasteiger partial charge in [-0.2, -0.15) is 0 Å². The summed E-state index contributed by atoms with van der Waals surface area (Å²) in [5, 5.41) is 7.95. The molecule has 0 saturated carbocycles. The van der Waals surface area contributed by atoms with Crippen molar-refractivity contribution in [1.82, 2.24) is 5.32 Å². The summed E-state index contributed by atoms with van der Waals surface area (Å²) in [6.45, 7) is 1.34. The van der Waals surface area contributed by atoms with Crippen LogP contribution in [0, 0.1) is 0 Å². The van der Waals surface area contributed by atoms with Crippen molar-refractivity contribution >= 4 is 40.0 Å². The second-order valence-corrected chi connectivity index (χ2v) is 7.03. The van der Waals surface area contributed by atoms with Crippen molar-refractivity contribution in [3.63, 3.8) is 0 Å². The van der Waals surface area contributed by atoms with Gasteiger partial charge in [-0.1, -0.05) is 30.3 Å². The van der Waals surface area contributed by atoms with E-state index in [1.165, 1.54) is 11.8 Å². The van der Waals surface area contributed by atoms with E-state index in [-0.39, 0.29) is 29.4 Å². The van der Waals surface area contributed by atoms with Gasteiger partial charge in [0.05, 0.1) is 17.6 Å². The number of rotatable bonds is 7. The molecule has 0 radical (unpaired) electrons. The van der Waals surface area contributed by atoms with Gasteiger partial charge in [0.1, 0.15) is 0 Å². The van der Waals surface area contributed by atoms with E-state index in [2.05, 4.69) is 10.6 Å². The van der Waals surface area contributed by atoms with Crippen molar-refractivity contribution < 1.29 is 14.3 Å². The highest BCUT2D eigenvalue weighted by molar-refractivity contribution is 8.00. The molecule has 1 atom stereocenters. The number of thioether (sulfide) groups is 1. The molecule has 2 amide bonds. The standard InChI is InChI=1S/C19H22N2O3S/c22-18(20-11-17-6-3-9-24-17)12-25-13-19(23)21-16-8-7-14-4-1-2-5-15(14)10-16/h1-2,4-5,7-8,10,17H,3,6,9,11-13H2,(H,20,22)(H,21,23)/t17-/m1/s1. The Morgan fingerprint density at radius 3 is 2.68 bits per heavy atom. The van der Waals surface area contributed by atoms with Crippen LogP contribution < -0.4 is 10.6 Å². The number of hydrogen-bond acceptors (Lipinski definition) is 4. The number of nitrogens with one attached hydrogen (secondary N) is 2. The first-order valence-corrected chi connectivity index (χ1v) is 9.61. The van der Waals surface area contributed by atoms with Crippen LogP contribution in [0.5, 0.6) is 0 Å². The van der Waals surface area contributed by atoms with E-state index < -0.39 is 0 Å². The Kier molecular flexibility index (Phi) is 6.30. The van der Waals surface area contributed by atoms with Crippen molar-refractivity contribution in [3.05, 3.63) is 42.5 Å². The molecule has 0 aliphatic carbocycles. The highest BCUT2D eigenvalue weighted by Crippen LogP contribution is 2.19. The Balaban J connectivity index is 1.37. The summed E-state index contributed by atoms with van der Waals surface area (Å²) in [4.78, 5) is 23.8. The van der Waals surface area contributed by atoms with Gasteiger partial charge in [-0.05, 0) is 35.7 Å². The average Bonchev–Trinajstić information content (AvgIpc) is 3.13. The third kappa shape index (κ3) is 5.47. The number of carbonyl (C=O) groups excluding carboxylic acids is 2. The molecule has 2 aromatic carbocycles. The lowest BCUT2D eigenvalue weighted by molar-refractivity contribution is -0.119. The van der Waals surface area contributed by atoms with E-state index in [0.717, 1.165) is 35.9 Å². The van der Waals surface area contributed by atoms with Crippen LogP contribution in [0.25, 0.3) is 10.8 Å². The molecule has 0 unspecified atom stereocenters. The fourth-order valence-corrected chi connectivity index (χ4v) is 3.43. The molecule has 1 aliphatic rings. The summed E-state index contributed by atoms with van der Waals surface area (Å²) in [5.74, 6) is 0.365. The van der Waals surface area contributed by atoms with Crippen LogP contribution in [0.3, 0.4) is 0 Å². The lowest BCUT2D eigenvalue weighted by Crippen LogP contribution is -2.33. The van der Waals surface area contributed by atoms with E-state index in [9.17, 15) is 9.59 Å². The van der Waals surface area contributed by atoms with Crippen LogP contribution in [0.1, 0.15) is 12.8 Å². The Labute approximate surface area is 151 Å². The highest BCUT2D eigenvalue weighted by Gasteiger charge is 2.16. The van der Waals surface area contributed by atoms with E-state index in [1.54, 1.807) is 0 Å². The summed E-state index contributed by atoms with van der Waals surface area (Å²) in [6, 6.07) is 13.8. The quantitative estimate of drug-likeness (QED) is 0.799. The average molecular weight is 358 g/mol. The number of fused-ring (bicyclic) bond motifs is 1. The van der Waals surface area contributed by atoms with E-state index in [0.29, 0.717) is 6.54 Å². The zero-order chi connectivity index (χ0) is 17.5. The fourth-order valence-electron chi connectivity index (χ4n) is 2.78. The number of amides is 2. The van der Waals surface area contributed by atoms with Gasteiger partial charge in [0.25, 0.3) is 0 Å². The molecule has 2 N–H and O–H groups in total. The lowest BCUT2D eigenvalue weighted by atomic mass is 10.1. The van der Waals surface area contributed by atoms with Crippen molar-refractivity contribution in [3.8, 4) is 0 Å². The van der Waals surface area contributed by atoms with Gasteiger partial charge in [0, 0.05) is 18.8 Å². The molecule has 0 bridgehead atoms. The van der Waals surface area contributed by atoms with E-state index >= 15 is 0 Å². The van der Waals surface area contributed by atoms with Crippen LogP contribution in [-0.2, 0) is 14.3 Å². The monoisotopic (exact) mass is 358 g/mol. The van der Waals surface area contributed by atoms with Crippen LogP contribution in [0.15, 0.2) is 42.5 Å². The molecule has 0 spiro atoms. The van der Waals surface area contributed by atoms with Crippen molar-refractivity contribution in [1.29, 1.82) is 0 Å². The molecule has 5 nitrogen and oxygen atoms in total. The fraction of sp³-hybridized carbons (Fsp3) is 0.368. The normalized spacial score (nSPS) is 16.7. The molecule has 1 fully saturated rings. The first-order chi connectivity index (χ1) is 12.2. The van der Waals surface area contributed by atoms with Gasteiger partial charge in [0.15, 0.2) is 0 Å². The third-order valence-electron chi connectivity index (χ3n) is 4.05. The minimum atomic E-state index is -0.104. The van der Waals surface area contributed by atoms with Crippen molar-refractivity contribution in [2.45, 2.75) is 18.9 Å². The maximum Gasteiger partial charge on any atom is 0.234 e. The molecule has 1 saturated heterocycles. The van der Waals surface area contributed by atoms with Gasteiger partial charge < -0.3 is 15.4 Å². The molecule has 1 heterocycles. The Morgan fingerprint density at radius 1 is 1.08 bits per heavy atom. The molecular formula is C19H22N2O3S. The number of benzene rings is 2. The molecular weight excluding hydrogens is 336 g/mol. The first kappa shape index (κ1) is 17.8. The van der Waals surface area contributed by atoms with Crippen LogP contribution in [-0.4, -0.2) is 42.6 Å².